The lowest BCUT2D eigenvalue weighted by Crippen LogP contribution is -2.19. The third-order valence-corrected chi connectivity index (χ3v) is 7.46. The van der Waals surface area contributed by atoms with Crippen molar-refractivity contribution < 1.29 is 14.3 Å². The molecule has 0 saturated carbocycles. The molecule has 0 saturated heterocycles. The number of aromatic nitrogens is 2. The number of hydrogen-bond acceptors (Lipinski definition) is 9. The number of thioether (sulfide) groups is 2. The number of hydrogen-bond donors (Lipinski definition) is 1. The van der Waals surface area contributed by atoms with Gasteiger partial charge in [0.05, 0.1) is 26.2 Å². The standard InChI is InChI=1S/C20H19ClN4O3S3/c1-27-16-9-5-7-13(18(16)28-2)10-22-23-17(26)12-30-20-25-24-19(31-20)29-11-14-6-3-4-8-15(14)21/h3-10H,11-12H2,1-2H3,(H,23,26)/b22-10+. The molecule has 1 aromatic heterocycles. The minimum Gasteiger partial charge on any atom is -0.493 e. The van der Waals surface area contributed by atoms with Crippen LogP contribution < -0.4 is 14.9 Å². The maximum atomic E-state index is 12.1. The lowest BCUT2D eigenvalue weighted by atomic mass is 10.2. The molecule has 3 rings (SSSR count). The van der Waals surface area contributed by atoms with Crippen molar-refractivity contribution in [3.63, 3.8) is 0 Å². The van der Waals surface area contributed by atoms with Crippen molar-refractivity contribution in [3.05, 3.63) is 58.6 Å². The number of ether oxygens (including phenoxy) is 2. The Hall–Kier alpha value is -2.27. The van der Waals surface area contributed by atoms with E-state index >= 15 is 0 Å². The van der Waals surface area contributed by atoms with Crippen LogP contribution in [0.15, 0.2) is 56.2 Å². The minimum absolute atomic E-state index is 0.177. The molecule has 3 aromatic rings. The van der Waals surface area contributed by atoms with Gasteiger partial charge in [-0.15, -0.1) is 10.2 Å². The molecule has 1 amide bonds. The van der Waals surface area contributed by atoms with Crippen molar-refractivity contribution in [2.75, 3.05) is 20.0 Å². The molecular weight excluding hydrogens is 476 g/mol. The molecule has 0 radical (unpaired) electrons. The Balaban J connectivity index is 1.46. The summed E-state index contributed by atoms with van der Waals surface area (Å²) in [7, 11) is 3.11. The predicted octanol–water partition coefficient (Wildman–Crippen LogP) is 4.74. The maximum Gasteiger partial charge on any atom is 0.250 e. The SMILES string of the molecule is COc1cccc(/C=N/NC(=O)CSc2nnc(SCc3ccccc3Cl)s2)c1OC. The number of nitrogens with one attached hydrogen (secondary N) is 1. The van der Waals surface area contributed by atoms with Crippen molar-refractivity contribution >= 4 is 58.6 Å². The first kappa shape index (κ1) is 23.4. The van der Waals surface area contributed by atoms with Crippen molar-refractivity contribution in [1.29, 1.82) is 0 Å². The van der Waals surface area contributed by atoms with Crippen LogP contribution >= 0.6 is 46.5 Å². The highest BCUT2D eigenvalue weighted by Crippen LogP contribution is 2.32. The Kier molecular flexibility index (Phi) is 9.01. The fourth-order valence-electron chi connectivity index (χ4n) is 2.42. The second-order valence-corrected chi connectivity index (χ2v) is 9.71. The molecule has 0 aliphatic carbocycles. The topological polar surface area (TPSA) is 85.7 Å². The van der Waals surface area contributed by atoms with E-state index in [0.717, 1.165) is 19.3 Å². The van der Waals surface area contributed by atoms with E-state index in [1.807, 2.05) is 36.4 Å². The first-order chi connectivity index (χ1) is 15.1. The van der Waals surface area contributed by atoms with Crippen molar-refractivity contribution in [2.45, 2.75) is 14.4 Å². The van der Waals surface area contributed by atoms with Gasteiger partial charge in [-0.2, -0.15) is 5.10 Å². The van der Waals surface area contributed by atoms with E-state index < -0.39 is 0 Å². The summed E-state index contributed by atoms with van der Waals surface area (Å²) in [5.41, 5.74) is 4.24. The molecule has 0 spiro atoms. The van der Waals surface area contributed by atoms with E-state index in [-0.39, 0.29) is 11.7 Å². The van der Waals surface area contributed by atoms with Crippen molar-refractivity contribution in [3.8, 4) is 11.5 Å². The van der Waals surface area contributed by atoms with Crippen molar-refractivity contribution in [1.82, 2.24) is 15.6 Å². The second-order valence-electron chi connectivity index (χ2n) is 5.88. The number of carbonyl (C=O) groups excluding carboxylic acids is 1. The summed E-state index contributed by atoms with van der Waals surface area (Å²) >= 11 is 10.5. The number of para-hydroxylation sites is 1. The summed E-state index contributed by atoms with van der Waals surface area (Å²) in [5.74, 6) is 1.78. The van der Waals surface area contributed by atoms with E-state index in [9.17, 15) is 4.79 Å². The number of nitrogens with zero attached hydrogens (tertiary/aromatic N) is 3. The summed E-state index contributed by atoms with van der Waals surface area (Å²) in [6, 6.07) is 13.1. The van der Waals surface area contributed by atoms with Crippen LogP contribution in [0, 0.1) is 0 Å². The van der Waals surface area contributed by atoms with Gasteiger partial charge in [-0.05, 0) is 23.8 Å². The zero-order chi connectivity index (χ0) is 22.1. The van der Waals surface area contributed by atoms with Gasteiger partial charge in [0.15, 0.2) is 20.2 Å². The van der Waals surface area contributed by atoms with Crippen LogP contribution in [-0.2, 0) is 10.5 Å². The molecule has 0 atom stereocenters. The van der Waals surface area contributed by atoms with E-state index in [1.54, 1.807) is 32.0 Å². The highest BCUT2D eigenvalue weighted by atomic mass is 35.5. The Morgan fingerprint density at radius 3 is 2.65 bits per heavy atom. The lowest BCUT2D eigenvalue weighted by Gasteiger charge is -2.09. The van der Waals surface area contributed by atoms with Gasteiger partial charge in [0.25, 0.3) is 5.91 Å². The van der Waals surface area contributed by atoms with E-state index in [4.69, 9.17) is 21.1 Å². The Morgan fingerprint density at radius 1 is 1.13 bits per heavy atom. The van der Waals surface area contributed by atoms with Gasteiger partial charge < -0.3 is 9.47 Å². The molecule has 1 heterocycles. The third kappa shape index (κ3) is 6.86. The van der Waals surface area contributed by atoms with E-state index in [2.05, 4.69) is 20.7 Å². The molecule has 0 fully saturated rings. The molecule has 0 unspecified atom stereocenters. The predicted molar refractivity (Wildman–Crippen MR) is 127 cm³/mol. The van der Waals surface area contributed by atoms with E-state index in [1.165, 1.54) is 29.3 Å². The molecule has 0 aliphatic heterocycles. The Bertz CT molecular complexity index is 1060. The second kappa shape index (κ2) is 11.9. The first-order valence-electron chi connectivity index (χ1n) is 8.96. The van der Waals surface area contributed by atoms with Gasteiger partial charge in [-0.1, -0.05) is 70.7 Å². The monoisotopic (exact) mass is 494 g/mol. The number of rotatable bonds is 10. The summed E-state index contributed by atoms with van der Waals surface area (Å²) in [6.07, 6.45) is 1.51. The number of amides is 1. The number of carbonyl (C=O) groups is 1. The molecule has 0 bridgehead atoms. The molecule has 0 aliphatic rings. The molecule has 1 N–H and O–H groups in total. The molecular formula is C20H19ClN4O3S3. The smallest absolute Gasteiger partial charge is 0.250 e. The first-order valence-corrected chi connectivity index (χ1v) is 12.1. The van der Waals surface area contributed by atoms with Crippen LogP contribution in [0.3, 0.4) is 0 Å². The maximum absolute atomic E-state index is 12.1. The number of halogens is 1. The highest BCUT2D eigenvalue weighted by molar-refractivity contribution is 8.03. The molecule has 11 heteroatoms. The molecule has 162 valence electrons. The van der Waals surface area contributed by atoms with Gasteiger partial charge in [0.2, 0.25) is 0 Å². The van der Waals surface area contributed by atoms with Crippen LogP contribution in [0.25, 0.3) is 0 Å². The van der Waals surface area contributed by atoms with Crippen LogP contribution in [0.2, 0.25) is 5.02 Å². The van der Waals surface area contributed by atoms with Crippen LogP contribution in [0.4, 0.5) is 0 Å². The van der Waals surface area contributed by atoms with Gasteiger partial charge in [0, 0.05) is 16.3 Å². The lowest BCUT2D eigenvalue weighted by molar-refractivity contribution is -0.118. The number of hydrazone groups is 1. The molecule has 31 heavy (non-hydrogen) atoms. The van der Waals surface area contributed by atoms with Crippen LogP contribution in [0.5, 0.6) is 11.5 Å². The van der Waals surface area contributed by atoms with Crippen LogP contribution in [0.1, 0.15) is 11.1 Å². The van der Waals surface area contributed by atoms with Crippen LogP contribution in [-0.4, -0.2) is 42.3 Å². The number of methoxy groups -OCH3 is 2. The summed E-state index contributed by atoms with van der Waals surface area (Å²) in [5, 5.41) is 13.0. The third-order valence-electron chi connectivity index (χ3n) is 3.85. The Labute approximate surface area is 197 Å². The van der Waals surface area contributed by atoms with Crippen molar-refractivity contribution in [2.24, 2.45) is 5.10 Å². The fraction of sp³-hybridized carbons (Fsp3) is 0.200. The van der Waals surface area contributed by atoms with Gasteiger partial charge in [0.1, 0.15) is 0 Å². The average molecular weight is 495 g/mol. The Morgan fingerprint density at radius 2 is 1.90 bits per heavy atom. The van der Waals surface area contributed by atoms with E-state index in [0.29, 0.717) is 22.8 Å². The number of benzene rings is 2. The summed E-state index contributed by atoms with van der Waals surface area (Å²) < 4.78 is 12.1. The summed E-state index contributed by atoms with van der Waals surface area (Å²) in [6.45, 7) is 0. The summed E-state index contributed by atoms with van der Waals surface area (Å²) in [4.78, 5) is 12.1. The van der Waals surface area contributed by atoms with Gasteiger partial charge >= 0.3 is 0 Å². The molecule has 2 aromatic carbocycles. The average Bonchev–Trinajstić information content (AvgIpc) is 3.24. The highest BCUT2D eigenvalue weighted by Gasteiger charge is 2.10. The zero-order valence-corrected chi connectivity index (χ0v) is 19.9. The zero-order valence-electron chi connectivity index (χ0n) is 16.7. The minimum atomic E-state index is -0.247. The van der Waals surface area contributed by atoms with Gasteiger partial charge in [-0.3, -0.25) is 4.79 Å². The largest absolute Gasteiger partial charge is 0.493 e. The van der Waals surface area contributed by atoms with Gasteiger partial charge in [-0.25, -0.2) is 5.43 Å². The quantitative estimate of drug-likeness (QED) is 0.247. The normalized spacial score (nSPS) is 10.9. The molecule has 7 nitrogen and oxygen atoms in total. The fourth-order valence-corrected chi connectivity index (χ4v) is 5.51.